The largest absolute Gasteiger partial charge is 0.480 e. The Balaban J connectivity index is 2.24. The summed E-state index contributed by atoms with van der Waals surface area (Å²) < 4.78 is 6.09. The third-order valence-electron chi connectivity index (χ3n) is 4.42. The Bertz CT molecular complexity index is 351. The molecule has 0 aromatic rings. The Labute approximate surface area is 109 Å². The van der Waals surface area contributed by atoms with Crippen molar-refractivity contribution in [3.05, 3.63) is 0 Å². The molecule has 2 saturated heterocycles. The Kier molecular flexibility index (Phi) is 3.23. The Morgan fingerprint density at radius 2 is 1.94 bits per heavy atom. The Morgan fingerprint density at radius 1 is 1.33 bits per heavy atom. The maximum absolute atomic E-state index is 11.5. The summed E-state index contributed by atoms with van der Waals surface area (Å²) in [5.41, 5.74) is -0.440. The molecule has 0 saturated carbocycles. The molecule has 3 atom stereocenters. The van der Waals surface area contributed by atoms with Crippen LogP contribution in [0, 0.1) is 5.92 Å². The number of nitrogens with zero attached hydrogens (tertiary/aromatic N) is 1. The summed E-state index contributed by atoms with van der Waals surface area (Å²) in [5, 5.41) is 9.43. The summed E-state index contributed by atoms with van der Waals surface area (Å²) >= 11 is 0. The number of rotatable bonds is 2. The summed E-state index contributed by atoms with van der Waals surface area (Å²) in [7, 11) is 0. The molecule has 0 radical (unpaired) electrons. The van der Waals surface area contributed by atoms with E-state index in [0.717, 1.165) is 19.4 Å². The quantitative estimate of drug-likeness (QED) is 0.821. The molecule has 4 nitrogen and oxygen atoms in total. The molecule has 2 heterocycles. The van der Waals surface area contributed by atoms with Gasteiger partial charge in [0.05, 0.1) is 11.2 Å². The highest BCUT2D eigenvalue weighted by atomic mass is 16.5. The van der Waals surface area contributed by atoms with E-state index in [4.69, 9.17) is 4.74 Å². The second kappa shape index (κ2) is 4.20. The SMILES string of the molecule is CC1CCN(C2CC(C)(C)OC2(C)C)C1C(=O)O. The molecular formula is C14H25NO3. The first kappa shape index (κ1) is 13.8. The topological polar surface area (TPSA) is 49.8 Å². The molecule has 0 aliphatic carbocycles. The average molecular weight is 255 g/mol. The first-order chi connectivity index (χ1) is 8.14. The van der Waals surface area contributed by atoms with Crippen molar-refractivity contribution in [1.29, 1.82) is 0 Å². The predicted octanol–water partition coefficient (Wildman–Crippen LogP) is 2.13. The van der Waals surface area contributed by atoms with E-state index < -0.39 is 5.97 Å². The summed E-state index contributed by atoms with van der Waals surface area (Å²) in [6.45, 7) is 11.2. The van der Waals surface area contributed by atoms with Gasteiger partial charge in [0.15, 0.2) is 0 Å². The van der Waals surface area contributed by atoms with Crippen LogP contribution in [0.5, 0.6) is 0 Å². The van der Waals surface area contributed by atoms with Crippen LogP contribution in [0.4, 0.5) is 0 Å². The monoisotopic (exact) mass is 255 g/mol. The van der Waals surface area contributed by atoms with Crippen molar-refractivity contribution in [1.82, 2.24) is 4.90 Å². The van der Waals surface area contributed by atoms with E-state index in [9.17, 15) is 9.90 Å². The number of hydrogen-bond donors (Lipinski definition) is 1. The first-order valence-corrected chi connectivity index (χ1v) is 6.83. The number of carboxylic acid groups (broad SMARTS) is 1. The fraction of sp³-hybridized carbons (Fsp3) is 0.929. The van der Waals surface area contributed by atoms with Crippen LogP contribution in [0.2, 0.25) is 0 Å². The first-order valence-electron chi connectivity index (χ1n) is 6.83. The minimum atomic E-state index is -0.694. The van der Waals surface area contributed by atoms with Gasteiger partial charge in [0, 0.05) is 6.04 Å². The van der Waals surface area contributed by atoms with Crippen molar-refractivity contribution in [3.63, 3.8) is 0 Å². The highest BCUT2D eigenvalue weighted by Crippen LogP contribution is 2.43. The zero-order valence-corrected chi connectivity index (χ0v) is 12.1. The molecule has 3 unspecified atom stereocenters. The van der Waals surface area contributed by atoms with Gasteiger partial charge in [-0.05, 0) is 53.0 Å². The van der Waals surface area contributed by atoms with Crippen molar-refractivity contribution in [2.75, 3.05) is 6.54 Å². The molecule has 2 fully saturated rings. The van der Waals surface area contributed by atoms with Crippen molar-refractivity contribution >= 4 is 5.97 Å². The number of carbonyl (C=O) groups is 1. The van der Waals surface area contributed by atoms with Crippen molar-refractivity contribution in [2.24, 2.45) is 5.92 Å². The molecule has 1 N–H and O–H groups in total. The van der Waals surface area contributed by atoms with E-state index >= 15 is 0 Å². The zero-order chi connectivity index (χ0) is 13.7. The molecule has 0 aromatic heterocycles. The molecule has 2 aliphatic rings. The van der Waals surface area contributed by atoms with Crippen LogP contribution < -0.4 is 0 Å². The summed E-state index contributed by atoms with van der Waals surface area (Å²) in [6.07, 6.45) is 1.86. The second-order valence-corrected chi connectivity index (χ2v) is 6.97. The number of hydrogen-bond acceptors (Lipinski definition) is 3. The lowest BCUT2D eigenvalue weighted by atomic mass is 9.91. The van der Waals surface area contributed by atoms with E-state index in [1.165, 1.54) is 0 Å². The zero-order valence-electron chi connectivity index (χ0n) is 12.1. The van der Waals surface area contributed by atoms with Gasteiger partial charge < -0.3 is 9.84 Å². The predicted molar refractivity (Wildman–Crippen MR) is 69.6 cm³/mol. The highest BCUT2D eigenvalue weighted by molar-refractivity contribution is 5.74. The summed E-state index contributed by atoms with van der Waals surface area (Å²) in [4.78, 5) is 13.6. The van der Waals surface area contributed by atoms with Gasteiger partial charge in [-0.15, -0.1) is 0 Å². The van der Waals surface area contributed by atoms with Crippen LogP contribution in [0.25, 0.3) is 0 Å². The Hall–Kier alpha value is -0.610. The van der Waals surface area contributed by atoms with E-state index in [-0.39, 0.29) is 29.2 Å². The van der Waals surface area contributed by atoms with Gasteiger partial charge in [-0.2, -0.15) is 0 Å². The van der Waals surface area contributed by atoms with Gasteiger partial charge in [-0.25, -0.2) is 0 Å². The lowest BCUT2D eigenvalue weighted by Crippen LogP contribution is -2.52. The molecule has 0 bridgehead atoms. The van der Waals surface area contributed by atoms with Crippen LogP contribution in [0.3, 0.4) is 0 Å². The molecule has 0 spiro atoms. The van der Waals surface area contributed by atoms with Crippen LogP contribution in [0.15, 0.2) is 0 Å². The molecule has 18 heavy (non-hydrogen) atoms. The third-order valence-corrected chi connectivity index (χ3v) is 4.42. The smallest absolute Gasteiger partial charge is 0.321 e. The van der Waals surface area contributed by atoms with E-state index in [2.05, 4.69) is 32.6 Å². The van der Waals surface area contributed by atoms with Gasteiger partial charge in [-0.3, -0.25) is 9.69 Å². The number of likely N-dealkylation sites (tertiary alicyclic amines) is 1. The van der Waals surface area contributed by atoms with Crippen LogP contribution in [-0.4, -0.2) is 45.8 Å². The van der Waals surface area contributed by atoms with Crippen molar-refractivity contribution in [3.8, 4) is 0 Å². The lowest BCUT2D eigenvalue weighted by Gasteiger charge is -2.36. The maximum Gasteiger partial charge on any atom is 0.321 e. The molecule has 104 valence electrons. The van der Waals surface area contributed by atoms with E-state index in [1.54, 1.807) is 0 Å². The molecule has 0 aromatic carbocycles. The molecule has 0 amide bonds. The normalized spacial score (nSPS) is 39.1. The molecule has 2 aliphatic heterocycles. The van der Waals surface area contributed by atoms with Gasteiger partial charge in [-0.1, -0.05) is 6.92 Å². The van der Waals surface area contributed by atoms with Crippen LogP contribution in [0.1, 0.15) is 47.5 Å². The fourth-order valence-corrected chi connectivity index (χ4v) is 3.76. The second-order valence-electron chi connectivity index (χ2n) is 6.97. The van der Waals surface area contributed by atoms with Gasteiger partial charge in [0.2, 0.25) is 0 Å². The molecule has 2 rings (SSSR count). The van der Waals surface area contributed by atoms with Crippen LogP contribution in [-0.2, 0) is 9.53 Å². The van der Waals surface area contributed by atoms with Crippen molar-refractivity contribution < 1.29 is 14.6 Å². The standard InChI is InChI=1S/C14H25NO3/c1-9-6-7-15(11(9)12(16)17)10-8-13(2,3)18-14(10,4)5/h9-11H,6-8H2,1-5H3,(H,16,17). The van der Waals surface area contributed by atoms with E-state index in [1.807, 2.05) is 6.92 Å². The highest BCUT2D eigenvalue weighted by Gasteiger charge is 2.52. The Morgan fingerprint density at radius 3 is 2.39 bits per heavy atom. The molecule has 4 heteroatoms. The lowest BCUT2D eigenvalue weighted by molar-refractivity contribution is -0.145. The summed E-state index contributed by atoms with van der Waals surface area (Å²) in [6, 6.07) is -0.162. The van der Waals surface area contributed by atoms with Gasteiger partial charge in [0.1, 0.15) is 6.04 Å². The molecular weight excluding hydrogens is 230 g/mol. The minimum Gasteiger partial charge on any atom is -0.480 e. The number of ether oxygens (including phenoxy) is 1. The minimum absolute atomic E-state index is 0.164. The van der Waals surface area contributed by atoms with Gasteiger partial charge >= 0.3 is 5.97 Å². The van der Waals surface area contributed by atoms with Crippen molar-refractivity contribution in [2.45, 2.75) is 70.7 Å². The maximum atomic E-state index is 11.5. The van der Waals surface area contributed by atoms with Gasteiger partial charge in [0.25, 0.3) is 0 Å². The third kappa shape index (κ3) is 2.28. The number of aliphatic carboxylic acids is 1. The van der Waals surface area contributed by atoms with Crippen LogP contribution >= 0.6 is 0 Å². The average Bonchev–Trinajstić information content (AvgIpc) is 2.63. The fourth-order valence-electron chi connectivity index (χ4n) is 3.76. The van der Waals surface area contributed by atoms with E-state index in [0.29, 0.717) is 0 Å². The number of carboxylic acids is 1. The summed E-state index contributed by atoms with van der Waals surface area (Å²) in [5.74, 6) is -0.470.